The molecule has 0 amide bonds. The van der Waals surface area contributed by atoms with Crippen LogP contribution >= 0.6 is 0 Å². The molecule has 0 radical (unpaired) electrons. The Kier molecular flexibility index (Phi) is 6.18. The molecule has 1 aromatic rings. The third kappa shape index (κ3) is 6.45. The molecule has 0 spiro atoms. The predicted octanol–water partition coefficient (Wildman–Crippen LogP) is 2.12. The first-order valence-electron chi connectivity index (χ1n) is 6.37. The molecule has 120 valence electrons. The molecular formula is C13H19F3N2O2S. The van der Waals surface area contributed by atoms with Crippen LogP contribution in [0.3, 0.4) is 0 Å². The van der Waals surface area contributed by atoms with Crippen LogP contribution in [0.25, 0.3) is 0 Å². The van der Waals surface area contributed by atoms with Gasteiger partial charge in [-0.2, -0.15) is 13.2 Å². The van der Waals surface area contributed by atoms with Crippen molar-refractivity contribution in [2.24, 2.45) is 0 Å². The minimum Gasteiger partial charge on any atom is -0.316 e. The van der Waals surface area contributed by atoms with E-state index in [-0.39, 0.29) is 5.75 Å². The molecule has 0 saturated carbocycles. The number of halogens is 3. The standard InChI is InChI=1S/C13H19F3N2O2S/c1-17-9-11-4-3-5-12(8-11)10-21(19,20)18(2)7-6-13(14,15)16/h3-5,8,17H,6-7,9-10H2,1-2H3. The second-order valence-corrected chi connectivity index (χ2v) is 6.87. The van der Waals surface area contributed by atoms with E-state index in [1.807, 2.05) is 6.07 Å². The lowest BCUT2D eigenvalue weighted by atomic mass is 10.1. The molecule has 0 saturated heterocycles. The van der Waals surface area contributed by atoms with E-state index < -0.39 is 29.2 Å². The smallest absolute Gasteiger partial charge is 0.316 e. The fourth-order valence-electron chi connectivity index (χ4n) is 1.78. The molecular weight excluding hydrogens is 305 g/mol. The van der Waals surface area contributed by atoms with Gasteiger partial charge in [0.2, 0.25) is 10.0 Å². The maximum Gasteiger partial charge on any atom is 0.390 e. The number of sulfonamides is 1. The molecule has 1 aromatic carbocycles. The summed E-state index contributed by atoms with van der Waals surface area (Å²) in [6, 6.07) is 6.95. The quantitative estimate of drug-likeness (QED) is 0.836. The van der Waals surface area contributed by atoms with E-state index in [4.69, 9.17) is 0 Å². The van der Waals surface area contributed by atoms with Crippen LogP contribution in [0, 0.1) is 0 Å². The molecule has 0 aliphatic rings. The summed E-state index contributed by atoms with van der Waals surface area (Å²) in [7, 11) is -0.817. The summed E-state index contributed by atoms with van der Waals surface area (Å²) in [5.41, 5.74) is 1.48. The van der Waals surface area contributed by atoms with E-state index >= 15 is 0 Å². The lowest BCUT2D eigenvalue weighted by Crippen LogP contribution is -2.31. The summed E-state index contributed by atoms with van der Waals surface area (Å²) in [5.74, 6) is -0.307. The van der Waals surface area contributed by atoms with Crippen molar-refractivity contribution in [3.05, 3.63) is 35.4 Å². The Balaban J connectivity index is 2.73. The molecule has 0 aromatic heterocycles. The highest BCUT2D eigenvalue weighted by Gasteiger charge is 2.29. The largest absolute Gasteiger partial charge is 0.390 e. The first-order chi connectivity index (χ1) is 9.64. The van der Waals surface area contributed by atoms with E-state index in [0.717, 1.165) is 9.87 Å². The van der Waals surface area contributed by atoms with Crippen molar-refractivity contribution < 1.29 is 21.6 Å². The molecule has 8 heteroatoms. The van der Waals surface area contributed by atoms with Gasteiger partial charge in [0.1, 0.15) is 0 Å². The van der Waals surface area contributed by atoms with Crippen LogP contribution < -0.4 is 5.32 Å². The van der Waals surface area contributed by atoms with Crippen LogP contribution in [-0.2, 0) is 22.3 Å². The Morgan fingerprint density at radius 1 is 1.24 bits per heavy atom. The van der Waals surface area contributed by atoms with Gasteiger partial charge in [0.05, 0.1) is 12.2 Å². The number of hydrogen-bond donors (Lipinski definition) is 1. The Bertz CT molecular complexity index is 559. The first kappa shape index (κ1) is 17.9. The second-order valence-electron chi connectivity index (χ2n) is 4.79. The van der Waals surface area contributed by atoms with Gasteiger partial charge in [-0.3, -0.25) is 0 Å². The van der Waals surface area contributed by atoms with E-state index in [1.54, 1.807) is 25.2 Å². The van der Waals surface area contributed by atoms with Crippen LogP contribution in [0.1, 0.15) is 17.5 Å². The average Bonchev–Trinajstić information content (AvgIpc) is 2.35. The number of benzene rings is 1. The van der Waals surface area contributed by atoms with Crippen molar-refractivity contribution in [1.82, 2.24) is 9.62 Å². The Hall–Kier alpha value is -1.12. The molecule has 0 aliphatic heterocycles. The van der Waals surface area contributed by atoms with E-state index in [1.165, 1.54) is 7.05 Å². The summed E-state index contributed by atoms with van der Waals surface area (Å²) in [6.07, 6.45) is -5.51. The van der Waals surface area contributed by atoms with Crippen LogP contribution in [0.2, 0.25) is 0 Å². The molecule has 0 atom stereocenters. The SMILES string of the molecule is CNCc1cccc(CS(=O)(=O)N(C)CCC(F)(F)F)c1. The Morgan fingerprint density at radius 3 is 2.43 bits per heavy atom. The fourth-order valence-corrected chi connectivity index (χ4v) is 2.97. The third-order valence-electron chi connectivity index (χ3n) is 2.91. The van der Waals surface area contributed by atoms with Crippen molar-refractivity contribution in [1.29, 1.82) is 0 Å². The minimum absolute atomic E-state index is 0.307. The number of nitrogens with zero attached hydrogens (tertiary/aromatic N) is 1. The monoisotopic (exact) mass is 324 g/mol. The fraction of sp³-hybridized carbons (Fsp3) is 0.538. The number of hydrogen-bond acceptors (Lipinski definition) is 3. The van der Waals surface area contributed by atoms with Gasteiger partial charge >= 0.3 is 6.18 Å². The molecule has 4 nitrogen and oxygen atoms in total. The Labute approximate surface area is 123 Å². The molecule has 0 fully saturated rings. The summed E-state index contributed by atoms with van der Waals surface area (Å²) in [4.78, 5) is 0. The highest BCUT2D eigenvalue weighted by atomic mass is 32.2. The van der Waals surface area contributed by atoms with Gasteiger partial charge in [-0.05, 0) is 18.2 Å². The van der Waals surface area contributed by atoms with Gasteiger partial charge in [0, 0.05) is 20.1 Å². The molecule has 21 heavy (non-hydrogen) atoms. The van der Waals surface area contributed by atoms with E-state index in [9.17, 15) is 21.6 Å². The van der Waals surface area contributed by atoms with Gasteiger partial charge in [-0.25, -0.2) is 12.7 Å². The number of nitrogens with one attached hydrogen (secondary N) is 1. The topological polar surface area (TPSA) is 49.4 Å². The molecule has 0 heterocycles. The molecule has 1 rings (SSSR count). The Morgan fingerprint density at radius 2 is 1.86 bits per heavy atom. The normalized spacial score (nSPS) is 12.9. The zero-order chi connectivity index (χ0) is 16.1. The van der Waals surface area contributed by atoms with Crippen molar-refractivity contribution in [2.45, 2.75) is 24.9 Å². The zero-order valence-electron chi connectivity index (χ0n) is 11.9. The summed E-state index contributed by atoms with van der Waals surface area (Å²) >= 11 is 0. The van der Waals surface area contributed by atoms with Crippen LogP contribution in [0.4, 0.5) is 13.2 Å². The highest BCUT2D eigenvalue weighted by molar-refractivity contribution is 7.88. The summed E-state index contributed by atoms with van der Waals surface area (Å²) in [6.45, 7) is 0.0276. The molecule has 0 aliphatic carbocycles. The van der Waals surface area contributed by atoms with Crippen LogP contribution in [-0.4, -0.2) is 39.5 Å². The maximum atomic E-state index is 12.1. The predicted molar refractivity (Wildman–Crippen MR) is 75.1 cm³/mol. The maximum absolute atomic E-state index is 12.1. The molecule has 0 bridgehead atoms. The average molecular weight is 324 g/mol. The lowest BCUT2D eigenvalue weighted by Gasteiger charge is -2.18. The van der Waals surface area contributed by atoms with Crippen molar-refractivity contribution in [2.75, 3.05) is 20.6 Å². The van der Waals surface area contributed by atoms with Gasteiger partial charge in [0.15, 0.2) is 0 Å². The van der Waals surface area contributed by atoms with Gasteiger partial charge in [0.25, 0.3) is 0 Å². The summed E-state index contributed by atoms with van der Waals surface area (Å²) in [5, 5.41) is 2.95. The summed E-state index contributed by atoms with van der Waals surface area (Å²) < 4.78 is 61.2. The molecule has 0 unspecified atom stereocenters. The number of alkyl halides is 3. The number of rotatable bonds is 7. The second kappa shape index (κ2) is 7.24. The van der Waals surface area contributed by atoms with Crippen molar-refractivity contribution in [3.63, 3.8) is 0 Å². The lowest BCUT2D eigenvalue weighted by molar-refractivity contribution is -0.135. The minimum atomic E-state index is -4.36. The van der Waals surface area contributed by atoms with Crippen molar-refractivity contribution in [3.8, 4) is 0 Å². The molecule has 1 N–H and O–H groups in total. The highest BCUT2D eigenvalue weighted by Crippen LogP contribution is 2.21. The van der Waals surface area contributed by atoms with Gasteiger partial charge in [-0.15, -0.1) is 0 Å². The van der Waals surface area contributed by atoms with Gasteiger partial charge < -0.3 is 5.32 Å². The van der Waals surface area contributed by atoms with Crippen LogP contribution in [0.5, 0.6) is 0 Å². The third-order valence-corrected chi connectivity index (χ3v) is 4.74. The zero-order valence-corrected chi connectivity index (χ0v) is 12.8. The first-order valence-corrected chi connectivity index (χ1v) is 7.98. The van der Waals surface area contributed by atoms with Crippen LogP contribution in [0.15, 0.2) is 24.3 Å². The van der Waals surface area contributed by atoms with Gasteiger partial charge in [-0.1, -0.05) is 24.3 Å². The van der Waals surface area contributed by atoms with E-state index in [0.29, 0.717) is 12.1 Å². The van der Waals surface area contributed by atoms with Crippen molar-refractivity contribution >= 4 is 10.0 Å². The van der Waals surface area contributed by atoms with E-state index in [2.05, 4.69) is 5.32 Å².